The van der Waals surface area contributed by atoms with Gasteiger partial charge >= 0.3 is 0 Å². The van der Waals surface area contributed by atoms with Gasteiger partial charge in [-0.2, -0.15) is 0 Å². The Hall–Kier alpha value is -2.45. The molecule has 2 unspecified atom stereocenters. The Bertz CT molecular complexity index is 1120. The van der Waals surface area contributed by atoms with E-state index in [0.29, 0.717) is 13.2 Å². The van der Waals surface area contributed by atoms with Crippen LogP contribution in [0, 0.1) is 4.78 Å². The van der Waals surface area contributed by atoms with Gasteiger partial charge in [0.25, 0.3) is 0 Å². The molecule has 31 heavy (non-hydrogen) atoms. The third-order valence-electron chi connectivity index (χ3n) is 6.15. The van der Waals surface area contributed by atoms with E-state index >= 15 is 0 Å². The van der Waals surface area contributed by atoms with Gasteiger partial charge in [-0.25, -0.2) is 9.98 Å². The van der Waals surface area contributed by atoms with Crippen molar-refractivity contribution in [1.82, 2.24) is 14.9 Å². The number of ether oxygens (including phenoxy) is 1. The highest BCUT2D eigenvalue weighted by atomic mass is 32.2. The molecule has 166 valence electrons. The Morgan fingerprint density at radius 1 is 1.48 bits per heavy atom. The molecule has 2 N–H and O–H groups in total. The molecular formula is C23H31N5O2S. The molecule has 1 saturated carbocycles. The Balaban J connectivity index is 1.81. The van der Waals surface area contributed by atoms with Gasteiger partial charge < -0.3 is 14.6 Å². The van der Waals surface area contributed by atoms with Gasteiger partial charge in [0.2, 0.25) is 0 Å². The Kier molecular flexibility index (Phi) is 6.29. The second kappa shape index (κ2) is 8.96. The van der Waals surface area contributed by atoms with Gasteiger partial charge in [0.05, 0.1) is 24.0 Å². The minimum Gasteiger partial charge on any atom is -0.377 e. The third kappa shape index (κ3) is 4.32. The molecule has 4 rings (SSSR count). The molecule has 3 heterocycles. The average molecular weight is 442 g/mol. The molecule has 0 amide bonds. The van der Waals surface area contributed by atoms with E-state index in [-0.39, 0.29) is 6.04 Å². The van der Waals surface area contributed by atoms with E-state index in [9.17, 15) is 4.21 Å². The quantitative estimate of drug-likeness (QED) is 0.343. The second-order valence-corrected chi connectivity index (χ2v) is 9.75. The van der Waals surface area contributed by atoms with Crippen LogP contribution in [-0.2, 0) is 15.3 Å². The summed E-state index contributed by atoms with van der Waals surface area (Å²) in [6.45, 7) is 8.27. The molecule has 1 aliphatic carbocycles. The fourth-order valence-electron chi connectivity index (χ4n) is 4.23. The van der Waals surface area contributed by atoms with Crippen molar-refractivity contribution < 1.29 is 8.95 Å². The van der Waals surface area contributed by atoms with Crippen molar-refractivity contribution in [3.63, 3.8) is 0 Å². The van der Waals surface area contributed by atoms with Crippen molar-refractivity contribution in [2.75, 3.05) is 19.8 Å². The normalized spacial score (nSPS) is 23.3. The fraction of sp³-hybridized carbons (Fsp3) is 0.478. The third-order valence-corrected chi connectivity index (χ3v) is 7.64. The van der Waals surface area contributed by atoms with Crippen LogP contribution in [0.25, 0.3) is 11.0 Å². The lowest BCUT2D eigenvalue weighted by molar-refractivity contribution is 0.0164. The number of hydrogen-bond donors (Lipinski definition) is 3. The fourth-order valence-corrected chi connectivity index (χ4v) is 5.13. The summed E-state index contributed by atoms with van der Waals surface area (Å²) < 4.78 is 25.4. The number of allylic oxidation sites excluding steroid dienone is 2. The highest BCUT2D eigenvalue weighted by Crippen LogP contribution is 2.47. The second-order valence-electron chi connectivity index (χ2n) is 8.31. The van der Waals surface area contributed by atoms with Crippen LogP contribution in [0.15, 0.2) is 53.1 Å². The first-order chi connectivity index (χ1) is 15.0. The summed E-state index contributed by atoms with van der Waals surface area (Å²) in [5, 5.41) is 1.04. The van der Waals surface area contributed by atoms with Gasteiger partial charge in [0, 0.05) is 46.2 Å². The molecule has 7 nitrogen and oxygen atoms in total. The Morgan fingerprint density at radius 3 is 2.97 bits per heavy atom. The van der Waals surface area contributed by atoms with Crippen LogP contribution in [0.3, 0.4) is 0 Å². The molecule has 2 aromatic rings. The van der Waals surface area contributed by atoms with Gasteiger partial charge in [-0.1, -0.05) is 13.0 Å². The highest BCUT2D eigenvalue weighted by molar-refractivity contribution is 7.75. The van der Waals surface area contributed by atoms with E-state index < -0.39 is 15.3 Å². The van der Waals surface area contributed by atoms with Crippen LogP contribution < -0.4 is 0 Å². The van der Waals surface area contributed by atoms with E-state index in [0.717, 1.165) is 59.5 Å². The lowest BCUT2D eigenvalue weighted by atomic mass is 10.1. The molecule has 0 spiro atoms. The van der Waals surface area contributed by atoms with Crippen LogP contribution in [0.1, 0.15) is 45.6 Å². The number of aromatic amines is 1. The maximum atomic E-state index is 12.3. The summed E-state index contributed by atoms with van der Waals surface area (Å²) in [5.74, 6) is 0.844. The summed E-state index contributed by atoms with van der Waals surface area (Å²) in [5.41, 5.74) is 3.75. The number of nitrogens with one attached hydrogen (secondary N) is 2. The lowest BCUT2D eigenvalue weighted by Crippen LogP contribution is -2.42. The number of fused-ring (bicyclic) bond motifs is 1. The summed E-state index contributed by atoms with van der Waals surface area (Å²) in [7, 11) is -2.04. The number of H-pyrrole nitrogens is 1. The molecule has 8 heteroatoms. The smallest absolute Gasteiger partial charge is 0.137 e. The maximum absolute atomic E-state index is 12.3. The summed E-state index contributed by atoms with van der Waals surface area (Å²) >= 11 is 0. The topological polar surface area (TPSA) is 94.4 Å². The predicted molar refractivity (Wildman–Crippen MR) is 126 cm³/mol. The van der Waals surface area contributed by atoms with E-state index in [4.69, 9.17) is 14.5 Å². The number of aliphatic imine (C=N–C) groups is 1. The number of pyridine rings is 1. The number of thiol groups is 1. The first-order valence-corrected chi connectivity index (χ1v) is 12.2. The van der Waals surface area contributed by atoms with Crippen LogP contribution in [-0.4, -0.2) is 55.3 Å². The van der Waals surface area contributed by atoms with Gasteiger partial charge in [-0.3, -0.25) is 8.99 Å². The van der Waals surface area contributed by atoms with Crippen LogP contribution in [0.5, 0.6) is 0 Å². The lowest BCUT2D eigenvalue weighted by Gasteiger charge is -2.35. The van der Waals surface area contributed by atoms with Crippen molar-refractivity contribution in [3.05, 3.63) is 53.6 Å². The van der Waals surface area contributed by atoms with Crippen molar-refractivity contribution in [1.29, 1.82) is 4.78 Å². The first kappa shape index (κ1) is 21.8. The molecule has 2 fully saturated rings. The minimum absolute atomic E-state index is 0.184. The van der Waals surface area contributed by atoms with Gasteiger partial charge in [0.15, 0.2) is 0 Å². The molecule has 2 atom stereocenters. The minimum atomic E-state index is -2.04. The Labute approximate surface area is 185 Å². The van der Waals surface area contributed by atoms with Gasteiger partial charge in [-0.15, -0.1) is 0 Å². The standard InChI is InChI=1S/C23H31N5O2S/c1-4-5-18(23(8-9-23)31(24)29)14-21(28-12-13-30-15-16(28)2)27-17(3)19-6-10-25-22-20(19)7-11-26-22/h5-7,10-11,14,16,24,31H,4,8-9,12-13,15H2,1-3H3,(H,25,26)/b18-5-,21-14+,27-17+. The van der Waals surface area contributed by atoms with E-state index in [1.807, 2.05) is 25.3 Å². The summed E-state index contributed by atoms with van der Waals surface area (Å²) in [6, 6.07) is 4.19. The number of aromatic nitrogens is 2. The van der Waals surface area contributed by atoms with Gasteiger partial charge in [0.1, 0.15) is 11.5 Å². The van der Waals surface area contributed by atoms with Crippen molar-refractivity contribution in [3.8, 4) is 0 Å². The first-order valence-electron chi connectivity index (χ1n) is 10.9. The molecule has 0 radical (unpaired) electrons. The maximum Gasteiger partial charge on any atom is 0.137 e. The highest BCUT2D eigenvalue weighted by Gasteiger charge is 2.47. The average Bonchev–Trinajstić information content (AvgIpc) is 3.43. The SMILES string of the molecule is CC/C=C(/C=C(\N=C(/C)c1ccnc2[nH]ccc12)N1CCOCC1C)C1([SH](=N)=O)CC1. The van der Waals surface area contributed by atoms with Gasteiger partial charge in [-0.05, 0) is 56.9 Å². The van der Waals surface area contributed by atoms with E-state index in [1.165, 1.54) is 0 Å². The zero-order chi connectivity index (χ0) is 22.0. The van der Waals surface area contributed by atoms with Crippen LogP contribution in [0.2, 0.25) is 0 Å². The predicted octanol–water partition coefficient (Wildman–Crippen LogP) is 4.05. The monoisotopic (exact) mass is 441 g/mol. The Morgan fingerprint density at radius 2 is 2.29 bits per heavy atom. The van der Waals surface area contributed by atoms with Crippen molar-refractivity contribution >= 4 is 27.3 Å². The summed E-state index contributed by atoms with van der Waals surface area (Å²) in [6.07, 6.45) is 10.3. The number of nitrogens with zero attached hydrogens (tertiary/aromatic N) is 3. The van der Waals surface area contributed by atoms with Crippen molar-refractivity contribution in [2.24, 2.45) is 4.99 Å². The van der Waals surface area contributed by atoms with E-state index in [1.54, 1.807) is 6.20 Å². The largest absolute Gasteiger partial charge is 0.377 e. The molecular weight excluding hydrogens is 410 g/mol. The van der Waals surface area contributed by atoms with Crippen LogP contribution in [0.4, 0.5) is 0 Å². The molecule has 1 saturated heterocycles. The molecule has 0 bridgehead atoms. The summed E-state index contributed by atoms with van der Waals surface area (Å²) in [4.78, 5) is 14.9. The van der Waals surface area contributed by atoms with Crippen molar-refractivity contribution in [2.45, 2.75) is 50.8 Å². The number of rotatable bonds is 7. The number of morpholine rings is 1. The number of hydrogen-bond acceptors (Lipinski definition) is 6. The zero-order valence-corrected chi connectivity index (χ0v) is 19.3. The van der Waals surface area contributed by atoms with E-state index in [2.05, 4.69) is 40.9 Å². The van der Waals surface area contributed by atoms with Crippen LogP contribution >= 0.6 is 0 Å². The molecule has 2 aliphatic rings. The molecule has 1 aliphatic heterocycles. The molecule has 0 aromatic carbocycles. The molecule has 2 aromatic heterocycles. The zero-order valence-electron chi connectivity index (χ0n) is 18.4.